The molecule has 4 nitrogen and oxygen atoms in total. The quantitative estimate of drug-likeness (QED) is 0.755. The number of hydrogen-bond acceptors (Lipinski definition) is 5. The van der Waals surface area contributed by atoms with Gasteiger partial charge in [0.25, 0.3) is 5.91 Å². The van der Waals surface area contributed by atoms with Crippen LogP contribution in [0.4, 0.5) is 0 Å². The minimum Gasteiger partial charge on any atom is -0.379 e. The Bertz CT molecular complexity index is 803. The highest BCUT2D eigenvalue weighted by Crippen LogP contribution is 2.46. The molecule has 2 aliphatic heterocycles. The van der Waals surface area contributed by atoms with E-state index >= 15 is 0 Å². The summed E-state index contributed by atoms with van der Waals surface area (Å²) in [5, 5.41) is 3.83. The highest BCUT2D eigenvalue weighted by atomic mass is 35.5. The van der Waals surface area contributed by atoms with E-state index in [0.29, 0.717) is 6.54 Å². The van der Waals surface area contributed by atoms with Crippen molar-refractivity contribution in [1.82, 2.24) is 10.2 Å². The zero-order chi connectivity index (χ0) is 17.9. The summed E-state index contributed by atoms with van der Waals surface area (Å²) in [6.07, 6.45) is 0.966. The van der Waals surface area contributed by atoms with E-state index in [-0.39, 0.29) is 5.91 Å². The number of nitrogens with one attached hydrogen (secondary N) is 1. The number of benzene rings is 1. The Labute approximate surface area is 166 Å². The van der Waals surface area contributed by atoms with E-state index in [1.165, 1.54) is 20.9 Å². The Hall–Kier alpha value is -1.05. The van der Waals surface area contributed by atoms with Crippen molar-refractivity contribution in [3.63, 3.8) is 0 Å². The smallest absolute Gasteiger partial charge is 0.261 e. The van der Waals surface area contributed by atoms with Crippen LogP contribution in [-0.4, -0.2) is 50.2 Å². The number of halogens is 1. The van der Waals surface area contributed by atoms with Gasteiger partial charge in [-0.3, -0.25) is 9.69 Å². The molecule has 1 fully saturated rings. The lowest BCUT2D eigenvalue weighted by Gasteiger charge is -2.26. The van der Waals surface area contributed by atoms with Crippen molar-refractivity contribution in [2.75, 3.05) is 39.4 Å². The van der Waals surface area contributed by atoms with Gasteiger partial charge >= 0.3 is 0 Å². The van der Waals surface area contributed by atoms with E-state index in [4.69, 9.17) is 16.3 Å². The average Bonchev–Trinajstić information content (AvgIpc) is 3.10. The predicted molar refractivity (Wildman–Crippen MR) is 109 cm³/mol. The lowest BCUT2D eigenvalue weighted by Crippen LogP contribution is -2.38. The number of carbonyl (C=O) groups is 1. The van der Waals surface area contributed by atoms with Gasteiger partial charge in [-0.1, -0.05) is 17.7 Å². The summed E-state index contributed by atoms with van der Waals surface area (Å²) in [4.78, 5) is 18.1. The lowest BCUT2D eigenvalue weighted by atomic mass is 10.1. The molecule has 138 valence electrons. The van der Waals surface area contributed by atoms with Crippen LogP contribution >= 0.6 is 34.7 Å². The standard InChI is InChI=1S/C19H21ClN2O2S2/c20-14-2-3-15-16(11-14)25-12-13-10-17(26-18(13)15)19(23)21-4-1-5-22-6-8-24-9-7-22/h2-3,10-11H,1,4-9,12H2,(H,21,23). The molecule has 4 rings (SSSR count). The molecule has 2 aliphatic rings. The normalized spacial score (nSPS) is 16.8. The Balaban J connectivity index is 1.35. The number of ether oxygens (including phenoxy) is 1. The zero-order valence-electron chi connectivity index (χ0n) is 14.4. The number of nitrogens with zero attached hydrogens (tertiary/aromatic N) is 1. The molecule has 0 saturated carbocycles. The first kappa shape index (κ1) is 18.3. The molecule has 3 heterocycles. The number of rotatable bonds is 5. The van der Waals surface area contributed by atoms with Crippen LogP contribution in [0.2, 0.25) is 5.02 Å². The van der Waals surface area contributed by atoms with E-state index in [1.807, 2.05) is 18.2 Å². The SMILES string of the molecule is O=C(NCCCN1CCOCC1)c1cc2c(s1)-c1ccc(Cl)cc1SC2. The molecular formula is C19H21ClN2O2S2. The second-order valence-corrected chi connectivity index (χ2v) is 8.96. The van der Waals surface area contributed by atoms with Crippen LogP contribution in [0, 0.1) is 0 Å². The van der Waals surface area contributed by atoms with Crippen molar-refractivity contribution in [1.29, 1.82) is 0 Å². The first-order valence-corrected chi connectivity index (χ1v) is 11.0. The molecule has 0 atom stereocenters. The van der Waals surface area contributed by atoms with E-state index < -0.39 is 0 Å². The average molecular weight is 409 g/mol. The largest absolute Gasteiger partial charge is 0.379 e. The van der Waals surface area contributed by atoms with Crippen molar-refractivity contribution in [3.8, 4) is 10.4 Å². The van der Waals surface area contributed by atoms with Crippen LogP contribution in [0.5, 0.6) is 0 Å². The van der Waals surface area contributed by atoms with Gasteiger partial charge in [-0.25, -0.2) is 0 Å². The Kier molecular flexibility index (Phi) is 5.86. The van der Waals surface area contributed by atoms with Gasteiger partial charge in [-0.05, 0) is 36.7 Å². The van der Waals surface area contributed by atoms with Crippen LogP contribution in [0.15, 0.2) is 29.2 Å². The van der Waals surface area contributed by atoms with Crippen molar-refractivity contribution in [2.24, 2.45) is 0 Å². The van der Waals surface area contributed by atoms with Crippen molar-refractivity contribution in [2.45, 2.75) is 17.1 Å². The van der Waals surface area contributed by atoms with Gasteiger partial charge in [0.05, 0.1) is 18.1 Å². The number of morpholine rings is 1. The second kappa shape index (κ2) is 8.31. The van der Waals surface area contributed by atoms with Gasteiger partial charge in [0, 0.05) is 45.7 Å². The Morgan fingerprint density at radius 2 is 2.12 bits per heavy atom. The number of carbonyl (C=O) groups excluding carboxylic acids is 1. The number of amides is 1. The molecular weight excluding hydrogens is 388 g/mol. The van der Waals surface area contributed by atoms with Crippen LogP contribution in [0.3, 0.4) is 0 Å². The van der Waals surface area contributed by atoms with Crippen LogP contribution < -0.4 is 5.32 Å². The summed E-state index contributed by atoms with van der Waals surface area (Å²) in [6, 6.07) is 8.03. The monoisotopic (exact) mass is 408 g/mol. The molecule has 2 aromatic rings. The van der Waals surface area contributed by atoms with Crippen molar-refractivity contribution < 1.29 is 9.53 Å². The van der Waals surface area contributed by atoms with Crippen LogP contribution in [0.25, 0.3) is 10.4 Å². The van der Waals surface area contributed by atoms with Gasteiger partial charge < -0.3 is 10.1 Å². The Morgan fingerprint density at radius 1 is 1.27 bits per heavy atom. The fraction of sp³-hybridized carbons (Fsp3) is 0.421. The maximum Gasteiger partial charge on any atom is 0.261 e. The maximum absolute atomic E-state index is 12.5. The molecule has 0 aliphatic carbocycles. The summed E-state index contributed by atoms with van der Waals surface area (Å²) in [5.74, 6) is 0.927. The zero-order valence-corrected chi connectivity index (χ0v) is 16.8. The van der Waals surface area contributed by atoms with Crippen LogP contribution in [0.1, 0.15) is 21.7 Å². The molecule has 1 aromatic heterocycles. The highest BCUT2D eigenvalue weighted by molar-refractivity contribution is 7.98. The molecule has 0 radical (unpaired) electrons. The first-order chi connectivity index (χ1) is 12.7. The van der Waals surface area contributed by atoms with E-state index in [1.54, 1.807) is 23.1 Å². The van der Waals surface area contributed by atoms with Gasteiger partial charge in [-0.15, -0.1) is 23.1 Å². The molecule has 7 heteroatoms. The lowest BCUT2D eigenvalue weighted by molar-refractivity contribution is 0.0374. The molecule has 1 amide bonds. The predicted octanol–water partition coefficient (Wildman–Crippen LogP) is 4.13. The molecule has 1 saturated heterocycles. The van der Waals surface area contributed by atoms with Crippen LogP contribution in [-0.2, 0) is 10.5 Å². The third-order valence-electron chi connectivity index (χ3n) is 4.64. The number of thiophene rings is 1. The summed E-state index contributed by atoms with van der Waals surface area (Å²) in [5.41, 5.74) is 2.44. The summed E-state index contributed by atoms with van der Waals surface area (Å²) >= 11 is 9.47. The number of fused-ring (bicyclic) bond motifs is 3. The minimum atomic E-state index is 0.0342. The summed E-state index contributed by atoms with van der Waals surface area (Å²) < 4.78 is 5.35. The first-order valence-electron chi connectivity index (χ1n) is 8.84. The van der Waals surface area contributed by atoms with Gasteiger partial charge in [-0.2, -0.15) is 0 Å². The molecule has 0 bridgehead atoms. The third kappa shape index (κ3) is 4.10. The molecule has 0 unspecified atom stereocenters. The topological polar surface area (TPSA) is 41.6 Å². The van der Waals surface area contributed by atoms with E-state index in [9.17, 15) is 4.79 Å². The fourth-order valence-electron chi connectivity index (χ4n) is 3.25. The minimum absolute atomic E-state index is 0.0342. The molecule has 0 spiro atoms. The van der Waals surface area contributed by atoms with Gasteiger partial charge in [0.2, 0.25) is 0 Å². The van der Waals surface area contributed by atoms with Gasteiger partial charge in [0.1, 0.15) is 0 Å². The molecule has 1 N–H and O–H groups in total. The molecule has 1 aromatic carbocycles. The Morgan fingerprint density at radius 3 is 2.96 bits per heavy atom. The highest BCUT2D eigenvalue weighted by Gasteiger charge is 2.22. The fourth-order valence-corrected chi connectivity index (χ4v) is 5.85. The second-order valence-electron chi connectivity index (χ2n) is 6.46. The third-order valence-corrected chi connectivity index (χ3v) is 7.19. The van der Waals surface area contributed by atoms with E-state index in [2.05, 4.69) is 16.3 Å². The summed E-state index contributed by atoms with van der Waals surface area (Å²) in [7, 11) is 0. The molecule has 26 heavy (non-hydrogen) atoms. The van der Waals surface area contributed by atoms with Gasteiger partial charge in [0.15, 0.2) is 0 Å². The summed E-state index contributed by atoms with van der Waals surface area (Å²) in [6.45, 7) is 5.34. The maximum atomic E-state index is 12.5. The number of thioether (sulfide) groups is 1. The van der Waals surface area contributed by atoms with Crippen molar-refractivity contribution >= 4 is 40.6 Å². The van der Waals surface area contributed by atoms with Crippen molar-refractivity contribution in [3.05, 3.63) is 39.7 Å². The number of hydrogen-bond donors (Lipinski definition) is 1. The van der Waals surface area contributed by atoms with E-state index in [0.717, 1.165) is 54.9 Å².